The van der Waals surface area contributed by atoms with Crippen LogP contribution in [0, 0.1) is 18.3 Å². The first-order chi connectivity index (χ1) is 9.63. The molecule has 0 aliphatic carbocycles. The van der Waals surface area contributed by atoms with E-state index in [4.69, 9.17) is 11.0 Å². The maximum Gasteiger partial charge on any atom is 0.256 e. The van der Waals surface area contributed by atoms with Crippen LogP contribution in [0.15, 0.2) is 41.2 Å². The predicted octanol–water partition coefficient (Wildman–Crippen LogP) is 2.81. The summed E-state index contributed by atoms with van der Waals surface area (Å²) >= 11 is 1.25. The first kappa shape index (κ1) is 12.5. The topological polar surface area (TPSA) is 71.8 Å². The van der Waals surface area contributed by atoms with Gasteiger partial charge in [0.1, 0.15) is 15.8 Å². The van der Waals surface area contributed by atoms with Crippen LogP contribution in [0.4, 0.5) is 5.69 Å². The molecule has 20 heavy (non-hydrogen) atoms. The zero-order valence-corrected chi connectivity index (χ0v) is 11.6. The smallest absolute Gasteiger partial charge is 0.256 e. The fourth-order valence-electron chi connectivity index (χ4n) is 2.23. The highest BCUT2D eigenvalue weighted by atomic mass is 32.1. The lowest BCUT2D eigenvalue weighted by molar-refractivity contribution is 1.04. The van der Waals surface area contributed by atoms with Crippen LogP contribution in [0.2, 0.25) is 0 Å². The number of nitrogens with zero attached hydrogens (tertiary/aromatic N) is 2. The van der Waals surface area contributed by atoms with E-state index in [1.165, 1.54) is 17.4 Å². The SMILES string of the molecule is Cc1ccccc1-n1c(=O)ccc2c(N)c(C#N)sc21. The number of aromatic nitrogens is 1. The Morgan fingerprint density at radius 1 is 1.25 bits per heavy atom. The fourth-order valence-corrected chi connectivity index (χ4v) is 3.25. The molecule has 98 valence electrons. The number of hydrogen-bond donors (Lipinski definition) is 1. The summed E-state index contributed by atoms with van der Waals surface area (Å²) in [6, 6.07) is 12.9. The second-order valence-corrected chi connectivity index (χ2v) is 5.47. The van der Waals surface area contributed by atoms with Gasteiger partial charge in [-0.05, 0) is 24.6 Å². The number of hydrogen-bond acceptors (Lipinski definition) is 4. The Hall–Kier alpha value is -2.58. The van der Waals surface area contributed by atoms with Crippen molar-refractivity contribution in [3.8, 4) is 11.8 Å². The number of benzene rings is 1. The van der Waals surface area contributed by atoms with E-state index in [0.29, 0.717) is 15.4 Å². The number of nitriles is 1. The lowest BCUT2D eigenvalue weighted by atomic mass is 10.2. The molecule has 2 aromatic heterocycles. The molecule has 0 aliphatic rings. The molecule has 2 N–H and O–H groups in total. The summed E-state index contributed by atoms with van der Waals surface area (Å²) in [5, 5.41) is 9.84. The zero-order chi connectivity index (χ0) is 14.3. The van der Waals surface area contributed by atoms with E-state index in [0.717, 1.165) is 16.6 Å². The van der Waals surface area contributed by atoms with Crippen LogP contribution in [0.1, 0.15) is 10.4 Å². The van der Waals surface area contributed by atoms with Crippen molar-refractivity contribution in [3.63, 3.8) is 0 Å². The van der Waals surface area contributed by atoms with Gasteiger partial charge in [-0.2, -0.15) is 5.26 Å². The average Bonchev–Trinajstić information content (AvgIpc) is 2.77. The van der Waals surface area contributed by atoms with Gasteiger partial charge in [0.15, 0.2) is 0 Å². The Bertz CT molecular complexity index is 915. The highest BCUT2D eigenvalue weighted by molar-refractivity contribution is 7.19. The maximum atomic E-state index is 12.2. The molecular formula is C15H11N3OS. The van der Waals surface area contributed by atoms with Crippen molar-refractivity contribution < 1.29 is 0 Å². The third kappa shape index (κ3) is 1.70. The minimum absolute atomic E-state index is 0.127. The number of nitrogen functional groups attached to an aromatic ring is 1. The highest BCUT2D eigenvalue weighted by Gasteiger charge is 2.15. The van der Waals surface area contributed by atoms with Crippen molar-refractivity contribution in [1.29, 1.82) is 5.26 Å². The largest absolute Gasteiger partial charge is 0.396 e. The number of rotatable bonds is 1. The van der Waals surface area contributed by atoms with E-state index in [9.17, 15) is 4.79 Å². The molecular weight excluding hydrogens is 270 g/mol. The minimum atomic E-state index is -0.127. The molecule has 0 atom stereocenters. The zero-order valence-electron chi connectivity index (χ0n) is 10.8. The van der Waals surface area contributed by atoms with Gasteiger partial charge < -0.3 is 5.73 Å². The molecule has 3 aromatic rings. The van der Waals surface area contributed by atoms with Crippen LogP contribution in [-0.2, 0) is 0 Å². The molecule has 0 amide bonds. The number of para-hydroxylation sites is 1. The van der Waals surface area contributed by atoms with Gasteiger partial charge in [0.25, 0.3) is 5.56 Å². The van der Waals surface area contributed by atoms with Crippen molar-refractivity contribution in [1.82, 2.24) is 4.57 Å². The summed E-state index contributed by atoms with van der Waals surface area (Å²) < 4.78 is 1.62. The molecule has 0 aliphatic heterocycles. The number of anilines is 1. The molecule has 0 radical (unpaired) electrons. The summed E-state index contributed by atoms with van der Waals surface area (Å²) in [6.45, 7) is 1.95. The number of aryl methyl sites for hydroxylation is 1. The highest BCUT2D eigenvalue weighted by Crippen LogP contribution is 2.33. The van der Waals surface area contributed by atoms with Crippen molar-refractivity contribution in [3.05, 3.63) is 57.2 Å². The summed E-state index contributed by atoms with van der Waals surface area (Å²) in [5.41, 5.74) is 8.08. The summed E-state index contributed by atoms with van der Waals surface area (Å²) in [4.78, 5) is 13.4. The maximum absolute atomic E-state index is 12.2. The van der Waals surface area contributed by atoms with Crippen LogP contribution in [0.25, 0.3) is 15.9 Å². The number of thiophene rings is 1. The van der Waals surface area contributed by atoms with E-state index >= 15 is 0 Å². The van der Waals surface area contributed by atoms with Crippen LogP contribution in [-0.4, -0.2) is 4.57 Å². The summed E-state index contributed by atoms with van der Waals surface area (Å²) in [7, 11) is 0. The molecule has 0 saturated carbocycles. The lowest BCUT2D eigenvalue weighted by Crippen LogP contribution is -2.17. The van der Waals surface area contributed by atoms with Crippen LogP contribution in [0.5, 0.6) is 0 Å². The van der Waals surface area contributed by atoms with Crippen molar-refractivity contribution >= 4 is 27.2 Å². The van der Waals surface area contributed by atoms with Crippen LogP contribution in [0.3, 0.4) is 0 Å². The molecule has 0 fully saturated rings. The number of pyridine rings is 1. The Morgan fingerprint density at radius 2 is 2.00 bits per heavy atom. The molecule has 0 saturated heterocycles. The first-order valence-corrected chi connectivity index (χ1v) is 6.85. The minimum Gasteiger partial charge on any atom is -0.396 e. The van der Waals surface area contributed by atoms with Gasteiger partial charge in [-0.1, -0.05) is 18.2 Å². The molecule has 1 aromatic carbocycles. The third-order valence-electron chi connectivity index (χ3n) is 3.24. The standard InChI is InChI=1S/C15H11N3OS/c1-9-4-2-3-5-11(9)18-13(19)7-6-10-14(17)12(8-16)20-15(10)18/h2-7H,17H2,1H3. The Kier molecular flexibility index (Phi) is 2.81. The van der Waals surface area contributed by atoms with Crippen LogP contribution < -0.4 is 11.3 Å². The molecule has 0 unspecified atom stereocenters. The Labute approximate surface area is 119 Å². The van der Waals surface area contributed by atoms with E-state index < -0.39 is 0 Å². The van der Waals surface area contributed by atoms with Gasteiger partial charge in [0.2, 0.25) is 0 Å². The van der Waals surface area contributed by atoms with Crippen molar-refractivity contribution in [2.45, 2.75) is 6.92 Å². The van der Waals surface area contributed by atoms with Crippen molar-refractivity contribution in [2.75, 3.05) is 5.73 Å². The molecule has 5 heteroatoms. The fraction of sp³-hybridized carbons (Fsp3) is 0.0667. The normalized spacial score (nSPS) is 10.6. The lowest BCUT2D eigenvalue weighted by Gasteiger charge is -2.09. The third-order valence-corrected chi connectivity index (χ3v) is 4.35. The monoisotopic (exact) mass is 281 g/mol. The van der Waals surface area contributed by atoms with E-state index in [2.05, 4.69) is 6.07 Å². The molecule has 4 nitrogen and oxygen atoms in total. The summed E-state index contributed by atoms with van der Waals surface area (Å²) in [6.07, 6.45) is 0. The quantitative estimate of drug-likeness (QED) is 0.745. The van der Waals surface area contributed by atoms with E-state index in [1.807, 2.05) is 31.2 Å². The average molecular weight is 281 g/mol. The molecule has 0 bridgehead atoms. The van der Waals surface area contributed by atoms with E-state index in [-0.39, 0.29) is 5.56 Å². The van der Waals surface area contributed by atoms with Gasteiger partial charge in [-0.25, -0.2) is 0 Å². The van der Waals surface area contributed by atoms with Gasteiger partial charge in [0, 0.05) is 11.5 Å². The number of nitrogens with two attached hydrogens (primary N) is 1. The van der Waals surface area contributed by atoms with Gasteiger partial charge >= 0.3 is 0 Å². The van der Waals surface area contributed by atoms with Crippen LogP contribution >= 0.6 is 11.3 Å². The Morgan fingerprint density at radius 3 is 2.70 bits per heavy atom. The van der Waals surface area contributed by atoms with E-state index in [1.54, 1.807) is 10.6 Å². The molecule has 2 heterocycles. The second kappa shape index (κ2) is 4.51. The Balaban J connectivity index is 2.48. The van der Waals surface area contributed by atoms with Gasteiger partial charge in [-0.3, -0.25) is 9.36 Å². The van der Waals surface area contributed by atoms with Gasteiger partial charge in [-0.15, -0.1) is 11.3 Å². The number of fused-ring (bicyclic) bond motifs is 1. The van der Waals surface area contributed by atoms with Gasteiger partial charge in [0.05, 0.1) is 11.4 Å². The first-order valence-electron chi connectivity index (χ1n) is 6.03. The second-order valence-electron chi connectivity index (χ2n) is 4.47. The summed E-state index contributed by atoms with van der Waals surface area (Å²) in [5.74, 6) is 0. The molecule has 0 spiro atoms. The van der Waals surface area contributed by atoms with Crippen molar-refractivity contribution in [2.24, 2.45) is 0 Å². The molecule has 3 rings (SSSR count). The predicted molar refractivity (Wildman–Crippen MR) is 81.3 cm³/mol.